The molecule has 0 unspecified atom stereocenters. The molecule has 0 aliphatic carbocycles. The summed E-state index contributed by atoms with van der Waals surface area (Å²) in [6, 6.07) is 8.64. The summed E-state index contributed by atoms with van der Waals surface area (Å²) in [4.78, 5) is 0. The molecule has 1 N–H and O–H groups in total. The zero-order chi connectivity index (χ0) is 9.97. The van der Waals surface area contributed by atoms with Crippen molar-refractivity contribution in [2.24, 2.45) is 0 Å². The van der Waals surface area contributed by atoms with E-state index in [0.29, 0.717) is 0 Å². The maximum Gasteiger partial charge on any atom is 0.0348 e. The van der Waals surface area contributed by atoms with Crippen molar-refractivity contribution in [1.82, 2.24) is 5.32 Å². The van der Waals surface area contributed by atoms with Crippen molar-refractivity contribution in [1.29, 1.82) is 0 Å². The summed E-state index contributed by atoms with van der Waals surface area (Å²) in [5.74, 6) is 0. The summed E-state index contributed by atoms with van der Waals surface area (Å²) in [5.41, 5.74) is 2.37. The van der Waals surface area contributed by atoms with Gasteiger partial charge in [-0.15, -0.1) is 11.3 Å². The van der Waals surface area contributed by atoms with Gasteiger partial charge in [0.15, 0.2) is 0 Å². The van der Waals surface area contributed by atoms with Gasteiger partial charge in [0.1, 0.15) is 0 Å². The quantitative estimate of drug-likeness (QED) is 0.808. The Labute approximate surface area is 88.1 Å². The minimum atomic E-state index is 0.844. The van der Waals surface area contributed by atoms with Crippen molar-refractivity contribution in [3.8, 4) is 0 Å². The third kappa shape index (κ3) is 1.72. The molecule has 0 saturated heterocycles. The van der Waals surface area contributed by atoms with Crippen LogP contribution in [0.15, 0.2) is 36.2 Å². The molecule has 0 atom stereocenters. The SMILES string of the molecule is C=C(CNC)c1ccc2ccsc2c1. The number of thiophene rings is 1. The zero-order valence-electron chi connectivity index (χ0n) is 8.21. The van der Waals surface area contributed by atoms with Gasteiger partial charge < -0.3 is 5.32 Å². The minimum absolute atomic E-state index is 0.844. The van der Waals surface area contributed by atoms with Gasteiger partial charge >= 0.3 is 0 Å². The van der Waals surface area contributed by atoms with Crippen molar-refractivity contribution in [2.75, 3.05) is 13.6 Å². The fraction of sp³-hybridized carbons (Fsp3) is 0.167. The number of benzene rings is 1. The second kappa shape index (κ2) is 3.95. The molecule has 2 aromatic rings. The molecule has 1 heterocycles. The second-order valence-corrected chi connectivity index (χ2v) is 4.25. The molecule has 0 aliphatic heterocycles. The molecule has 0 saturated carbocycles. The van der Waals surface area contributed by atoms with Gasteiger partial charge in [0, 0.05) is 11.2 Å². The summed E-state index contributed by atoms with van der Waals surface area (Å²) in [5, 5.41) is 6.55. The Bertz CT molecular complexity index is 456. The third-order valence-corrected chi connectivity index (χ3v) is 3.13. The van der Waals surface area contributed by atoms with Crippen molar-refractivity contribution < 1.29 is 0 Å². The smallest absolute Gasteiger partial charge is 0.0348 e. The van der Waals surface area contributed by atoms with Crippen LogP contribution in [0.5, 0.6) is 0 Å². The Morgan fingerprint density at radius 1 is 1.43 bits per heavy atom. The number of fused-ring (bicyclic) bond motifs is 1. The van der Waals surface area contributed by atoms with Gasteiger partial charge in [0.05, 0.1) is 0 Å². The largest absolute Gasteiger partial charge is 0.316 e. The Morgan fingerprint density at radius 2 is 2.29 bits per heavy atom. The number of nitrogens with one attached hydrogen (secondary N) is 1. The van der Waals surface area contributed by atoms with Crippen LogP contribution in [0, 0.1) is 0 Å². The standard InChI is InChI=1S/C12H13NS/c1-9(8-13-2)11-4-3-10-5-6-14-12(10)7-11/h3-7,13H,1,8H2,2H3. The number of hydrogen-bond donors (Lipinski definition) is 1. The molecular weight excluding hydrogens is 190 g/mol. The molecular formula is C12H13NS. The Balaban J connectivity index is 2.38. The molecule has 14 heavy (non-hydrogen) atoms. The summed E-state index contributed by atoms with van der Waals surface area (Å²) in [6.07, 6.45) is 0. The molecule has 2 rings (SSSR count). The molecule has 0 radical (unpaired) electrons. The highest BCUT2D eigenvalue weighted by atomic mass is 32.1. The Kier molecular flexibility index (Phi) is 2.66. The molecule has 0 amide bonds. The van der Waals surface area contributed by atoms with Crippen LogP contribution in [0.4, 0.5) is 0 Å². The third-order valence-electron chi connectivity index (χ3n) is 2.25. The molecule has 0 bridgehead atoms. The van der Waals surface area contributed by atoms with Gasteiger partial charge in [-0.1, -0.05) is 18.7 Å². The van der Waals surface area contributed by atoms with Crippen LogP contribution >= 0.6 is 11.3 Å². The first-order valence-corrected chi connectivity index (χ1v) is 5.49. The Morgan fingerprint density at radius 3 is 3.07 bits per heavy atom. The summed E-state index contributed by atoms with van der Waals surface area (Å²) >= 11 is 1.78. The summed E-state index contributed by atoms with van der Waals surface area (Å²) < 4.78 is 1.33. The van der Waals surface area contributed by atoms with E-state index in [9.17, 15) is 0 Å². The first kappa shape index (κ1) is 9.44. The van der Waals surface area contributed by atoms with Gasteiger partial charge in [-0.2, -0.15) is 0 Å². The van der Waals surface area contributed by atoms with Crippen LogP contribution in [-0.2, 0) is 0 Å². The lowest BCUT2D eigenvalue weighted by molar-refractivity contribution is 0.933. The van der Waals surface area contributed by atoms with Crippen molar-refractivity contribution in [3.05, 3.63) is 41.8 Å². The normalized spacial score (nSPS) is 10.6. The van der Waals surface area contributed by atoms with E-state index in [1.165, 1.54) is 15.6 Å². The van der Waals surface area contributed by atoms with E-state index in [1.807, 2.05) is 7.05 Å². The first-order valence-electron chi connectivity index (χ1n) is 4.61. The molecule has 0 fully saturated rings. The highest BCUT2D eigenvalue weighted by Gasteiger charge is 2.00. The molecule has 1 aromatic carbocycles. The van der Waals surface area contributed by atoms with Crippen molar-refractivity contribution in [3.63, 3.8) is 0 Å². The highest BCUT2D eigenvalue weighted by molar-refractivity contribution is 7.17. The molecule has 2 heteroatoms. The monoisotopic (exact) mass is 203 g/mol. The van der Waals surface area contributed by atoms with Gasteiger partial charge in [-0.25, -0.2) is 0 Å². The van der Waals surface area contributed by atoms with Crippen LogP contribution in [-0.4, -0.2) is 13.6 Å². The average molecular weight is 203 g/mol. The molecule has 0 spiro atoms. The van der Waals surface area contributed by atoms with Crippen LogP contribution in [0.1, 0.15) is 5.56 Å². The fourth-order valence-electron chi connectivity index (χ4n) is 1.49. The van der Waals surface area contributed by atoms with Gasteiger partial charge in [0.25, 0.3) is 0 Å². The molecule has 0 aliphatic rings. The van der Waals surface area contributed by atoms with Crippen molar-refractivity contribution >= 4 is 27.0 Å². The summed E-state index contributed by atoms with van der Waals surface area (Å²) in [6.45, 7) is 4.89. The van der Waals surface area contributed by atoms with E-state index in [0.717, 1.165) is 12.1 Å². The zero-order valence-corrected chi connectivity index (χ0v) is 9.03. The first-order chi connectivity index (χ1) is 6.81. The van der Waals surface area contributed by atoms with Crippen LogP contribution < -0.4 is 5.32 Å². The van der Waals surface area contributed by atoms with E-state index >= 15 is 0 Å². The lowest BCUT2D eigenvalue weighted by Crippen LogP contribution is -2.08. The second-order valence-electron chi connectivity index (χ2n) is 3.31. The predicted octanol–water partition coefficient (Wildman–Crippen LogP) is 3.13. The van der Waals surface area contributed by atoms with Crippen LogP contribution in [0.25, 0.3) is 15.7 Å². The maximum absolute atomic E-state index is 4.05. The lowest BCUT2D eigenvalue weighted by Gasteiger charge is -2.04. The highest BCUT2D eigenvalue weighted by Crippen LogP contribution is 2.24. The average Bonchev–Trinajstić information content (AvgIpc) is 2.64. The van der Waals surface area contributed by atoms with E-state index < -0.39 is 0 Å². The molecule has 1 nitrogen and oxygen atoms in total. The number of rotatable bonds is 3. The van der Waals surface area contributed by atoms with Crippen molar-refractivity contribution in [2.45, 2.75) is 0 Å². The fourth-order valence-corrected chi connectivity index (χ4v) is 2.32. The minimum Gasteiger partial charge on any atom is -0.316 e. The summed E-state index contributed by atoms with van der Waals surface area (Å²) in [7, 11) is 1.94. The number of likely N-dealkylation sites (N-methyl/N-ethyl adjacent to an activating group) is 1. The topological polar surface area (TPSA) is 12.0 Å². The molecule has 1 aromatic heterocycles. The lowest BCUT2D eigenvalue weighted by atomic mass is 10.1. The van der Waals surface area contributed by atoms with Gasteiger partial charge in [-0.3, -0.25) is 0 Å². The number of hydrogen-bond acceptors (Lipinski definition) is 2. The Hall–Kier alpha value is -1.12. The van der Waals surface area contributed by atoms with E-state index in [1.54, 1.807) is 11.3 Å². The van der Waals surface area contributed by atoms with Gasteiger partial charge in [0.2, 0.25) is 0 Å². The van der Waals surface area contributed by atoms with E-state index in [4.69, 9.17) is 0 Å². The van der Waals surface area contributed by atoms with E-state index in [2.05, 4.69) is 41.5 Å². The van der Waals surface area contributed by atoms with Gasteiger partial charge in [-0.05, 0) is 41.1 Å². The molecule has 72 valence electrons. The maximum atomic E-state index is 4.05. The predicted molar refractivity (Wildman–Crippen MR) is 64.8 cm³/mol. The van der Waals surface area contributed by atoms with Crippen LogP contribution in [0.2, 0.25) is 0 Å². The van der Waals surface area contributed by atoms with Crippen LogP contribution in [0.3, 0.4) is 0 Å². The van der Waals surface area contributed by atoms with E-state index in [-0.39, 0.29) is 0 Å².